The molecule has 1 rings (SSSR count). The Morgan fingerprint density at radius 1 is 1.45 bits per heavy atom. The summed E-state index contributed by atoms with van der Waals surface area (Å²) >= 11 is 2.53. The Balaban J connectivity index is 2.20. The zero-order valence-electron chi connectivity index (χ0n) is 7.10. The van der Waals surface area contributed by atoms with Gasteiger partial charge in [-0.3, -0.25) is 0 Å². The van der Waals surface area contributed by atoms with Crippen LogP contribution in [0.5, 0.6) is 0 Å². The van der Waals surface area contributed by atoms with Gasteiger partial charge in [0.2, 0.25) is 0 Å². The van der Waals surface area contributed by atoms with Crippen LogP contribution >= 0.6 is 22.6 Å². The van der Waals surface area contributed by atoms with Crippen LogP contribution in [0, 0.1) is 0 Å². The molecular formula is C8H15IO2. The number of hydrogen-bond donors (Lipinski definition) is 0. The molecule has 0 bridgehead atoms. The lowest BCUT2D eigenvalue weighted by Crippen LogP contribution is -2.21. The van der Waals surface area contributed by atoms with Gasteiger partial charge in [0, 0.05) is 17.6 Å². The van der Waals surface area contributed by atoms with Crippen molar-refractivity contribution in [2.24, 2.45) is 0 Å². The molecule has 0 aliphatic heterocycles. The van der Waals surface area contributed by atoms with Crippen molar-refractivity contribution in [1.82, 2.24) is 0 Å². The SMILES string of the molecule is COC[C@H](CC1(I)CC1)OC. The number of methoxy groups -OCH3 is 2. The Morgan fingerprint density at radius 3 is 2.45 bits per heavy atom. The van der Waals surface area contributed by atoms with Crippen LogP contribution in [0.1, 0.15) is 19.3 Å². The van der Waals surface area contributed by atoms with E-state index in [2.05, 4.69) is 22.6 Å². The van der Waals surface area contributed by atoms with Crippen molar-refractivity contribution in [1.29, 1.82) is 0 Å². The lowest BCUT2D eigenvalue weighted by molar-refractivity contribution is 0.0230. The Bertz CT molecular complexity index is 123. The van der Waals surface area contributed by atoms with E-state index in [0.29, 0.717) is 9.53 Å². The quantitative estimate of drug-likeness (QED) is 0.562. The van der Waals surface area contributed by atoms with E-state index in [-0.39, 0.29) is 0 Å². The molecule has 1 aliphatic carbocycles. The Labute approximate surface area is 81.8 Å². The second-order valence-electron chi connectivity index (χ2n) is 3.17. The van der Waals surface area contributed by atoms with Crippen molar-refractivity contribution in [2.75, 3.05) is 20.8 Å². The maximum atomic E-state index is 5.28. The van der Waals surface area contributed by atoms with Gasteiger partial charge in [-0.25, -0.2) is 0 Å². The average Bonchev–Trinajstić information content (AvgIpc) is 2.68. The first-order valence-electron chi connectivity index (χ1n) is 3.91. The maximum Gasteiger partial charge on any atom is 0.0817 e. The van der Waals surface area contributed by atoms with Gasteiger partial charge in [-0.15, -0.1) is 0 Å². The van der Waals surface area contributed by atoms with Crippen LogP contribution < -0.4 is 0 Å². The standard InChI is InChI=1S/C8H15IO2/c1-10-6-7(11-2)5-8(9)3-4-8/h7H,3-6H2,1-2H3/t7-/m0/s1. The summed E-state index contributed by atoms with van der Waals surface area (Å²) in [6, 6.07) is 0. The molecule has 1 atom stereocenters. The predicted octanol–water partition coefficient (Wildman–Crippen LogP) is 2.01. The summed E-state index contributed by atoms with van der Waals surface area (Å²) in [5.41, 5.74) is 0. The van der Waals surface area contributed by atoms with Crippen LogP contribution in [-0.4, -0.2) is 30.4 Å². The zero-order chi connectivity index (χ0) is 8.32. The smallest absolute Gasteiger partial charge is 0.0817 e. The number of alkyl halides is 1. The summed E-state index contributed by atoms with van der Waals surface area (Å²) in [5.74, 6) is 0. The lowest BCUT2D eigenvalue weighted by Gasteiger charge is -2.16. The first-order chi connectivity index (χ1) is 5.20. The molecule has 0 spiro atoms. The minimum atomic E-state index is 0.291. The van der Waals surface area contributed by atoms with E-state index in [0.717, 1.165) is 13.0 Å². The highest BCUT2D eigenvalue weighted by Crippen LogP contribution is 2.48. The first-order valence-corrected chi connectivity index (χ1v) is 4.99. The van der Waals surface area contributed by atoms with Gasteiger partial charge in [0.05, 0.1) is 12.7 Å². The predicted molar refractivity (Wildman–Crippen MR) is 53.3 cm³/mol. The fourth-order valence-corrected chi connectivity index (χ4v) is 1.90. The third-order valence-electron chi connectivity index (χ3n) is 2.07. The van der Waals surface area contributed by atoms with Gasteiger partial charge in [-0.1, -0.05) is 22.6 Å². The van der Waals surface area contributed by atoms with Gasteiger partial charge in [0.1, 0.15) is 0 Å². The van der Waals surface area contributed by atoms with Crippen molar-refractivity contribution in [3.05, 3.63) is 0 Å². The highest BCUT2D eigenvalue weighted by Gasteiger charge is 2.41. The van der Waals surface area contributed by atoms with Gasteiger partial charge in [-0.05, 0) is 19.3 Å². The molecule has 1 aliphatic rings. The minimum absolute atomic E-state index is 0.291. The van der Waals surface area contributed by atoms with Gasteiger partial charge in [0.25, 0.3) is 0 Å². The summed E-state index contributed by atoms with van der Waals surface area (Å²) in [4.78, 5) is 0. The molecule has 0 N–H and O–H groups in total. The molecule has 1 fully saturated rings. The van der Waals surface area contributed by atoms with Crippen molar-refractivity contribution in [3.8, 4) is 0 Å². The molecular weight excluding hydrogens is 255 g/mol. The minimum Gasteiger partial charge on any atom is -0.382 e. The molecule has 0 amide bonds. The number of ether oxygens (including phenoxy) is 2. The summed E-state index contributed by atoms with van der Waals surface area (Å²) in [6.07, 6.45) is 4.12. The molecule has 0 heterocycles. The van der Waals surface area contributed by atoms with Gasteiger partial charge in [-0.2, -0.15) is 0 Å². The Hall–Kier alpha value is 0.650. The molecule has 0 unspecified atom stereocenters. The van der Waals surface area contributed by atoms with E-state index in [9.17, 15) is 0 Å². The molecule has 1 saturated carbocycles. The van der Waals surface area contributed by atoms with Crippen LogP contribution in [-0.2, 0) is 9.47 Å². The van der Waals surface area contributed by atoms with Gasteiger partial charge in [0.15, 0.2) is 0 Å². The van der Waals surface area contributed by atoms with E-state index in [1.165, 1.54) is 12.8 Å². The molecule has 0 aromatic rings. The van der Waals surface area contributed by atoms with Crippen LogP contribution in [0.25, 0.3) is 0 Å². The molecule has 0 saturated heterocycles. The summed E-state index contributed by atoms with van der Waals surface area (Å²) < 4.78 is 10.9. The van der Waals surface area contributed by atoms with Crippen molar-refractivity contribution < 1.29 is 9.47 Å². The van der Waals surface area contributed by atoms with Crippen molar-refractivity contribution in [3.63, 3.8) is 0 Å². The zero-order valence-corrected chi connectivity index (χ0v) is 9.26. The van der Waals surface area contributed by atoms with Crippen LogP contribution in [0.4, 0.5) is 0 Å². The summed E-state index contributed by atoms with van der Waals surface area (Å²) in [7, 11) is 3.48. The Kier molecular flexibility index (Phi) is 3.58. The fraction of sp³-hybridized carbons (Fsp3) is 1.00. The third kappa shape index (κ3) is 3.25. The van der Waals surface area contributed by atoms with Crippen LogP contribution in [0.15, 0.2) is 0 Å². The maximum absolute atomic E-state index is 5.28. The highest BCUT2D eigenvalue weighted by atomic mass is 127. The largest absolute Gasteiger partial charge is 0.382 e. The third-order valence-corrected chi connectivity index (χ3v) is 3.59. The monoisotopic (exact) mass is 270 g/mol. The topological polar surface area (TPSA) is 18.5 Å². The van der Waals surface area contributed by atoms with Gasteiger partial charge < -0.3 is 9.47 Å². The van der Waals surface area contributed by atoms with Crippen molar-refractivity contribution >= 4 is 22.6 Å². The summed E-state index contributed by atoms with van der Waals surface area (Å²) in [6.45, 7) is 0.723. The van der Waals surface area contributed by atoms with E-state index in [1.807, 2.05) is 0 Å². The molecule has 2 nitrogen and oxygen atoms in total. The molecule has 66 valence electrons. The second-order valence-corrected chi connectivity index (χ2v) is 5.46. The Morgan fingerprint density at radius 2 is 2.09 bits per heavy atom. The van der Waals surface area contributed by atoms with E-state index in [4.69, 9.17) is 9.47 Å². The van der Waals surface area contributed by atoms with Crippen LogP contribution in [0.2, 0.25) is 0 Å². The lowest BCUT2D eigenvalue weighted by atomic mass is 10.2. The fourth-order valence-electron chi connectivity index (χ4n) is 1.14. The van der Waals surface area contributed by atoms with Crippen molar-refractivity contribution in [2.45, 2.75) is 28.8 Å². The molecule has 3 heteroatoms. The molecule has 11 heavy (non-hydrogen) atoms. The van der Waals surface area contributed by atoms with E-state index in [1.54, 1.807) is 14.2 Å². The number of rotatable bonds is 5. The normalized spacial score (nSPS) is 23.2. The number of halogens is 1. The highest BCUT2D eigenvalue weighted by molar-refractivity contribution is 14.1. The molecule has 0 aromatic carbocycles. The molecule has 0 radical (unpaired) electrons. The summed E-state index contributed by atoms with van der Waals surface area (Å²) in [5, 5.41) is 0. The number of hydrogen-bond acceptors (Lipinski definition) is 2. The molecule has 0 aromatic heterocycles. The first kappa shape index (κ1) is 9.74. The van der Waals surface area contributed by atoms with E-state index >= 15 is 0 Å². The van der Waals surface area contributed by atoms with Crippen LogP contribution in [0.3, 0.4) is 0 Å². The average molecular weight is 270 g/mol. The second kappa shape index (κ2) is 4.05. The van der Waals surface area contributed by atoms with E-state index < -0.39 is 0 Å². The van der Waals surface area contributed by atoms with Gasteiger partial charge >= 0.3 is 0 Å².